The molecule has 1 atom stereocenters. The van der Waals surface area contributed by atoms with Crippen LogP contribution in [0.15, 0.2) is 47.6 Å². The Labute approximate surface area is 186 Å². The van der Waals surface area contributed by atoms with Gasteiger partial charge in [0.05, 0.1) is 19.3 Å². The summed E-state index contributed by atoms with van der Waals surface area (Å²) in [6.45, 7) is 4.65. The Hall–Kier alpha value is -3.00. The van der Waals surface area contributed by atoms with E-state index in [0.717, 1.165) is 35.4 Å². The van der Waals surface area contributed by atoms with Crippen LogP contribution in [0.25, 0.3) is 11.3 Å². The largest absolute Gasteiger partial charge is 0.492 e. The van der Waals surface area contributed by atoms with Crippen molar-refractivity contribution >= 4 is 17.4 Å². The molecule has 0 saturated carbocycles. The number of benzene rings is 2. The Morgan fingerprint density at radius 2 is 1.97 bits per heavy atom. The van der Waals surface area contributed by atoms with Gasteiger partial charge in [-0.3, -0.25) is 0 Å². The van der Waals surface area contributed by atoms with Crippen LogP contribution in [-0.2, 0) is 0 Å². The molecule has 0 fully saturated rings. The highest BCUT2D eigenvalue weighted by Gasteiger charge is 2.28. The number of unbranched alkanes of at least 4 members (excludes halogenated alkanes) is 1. The van der Waals surface area contributed by atoms with E-state index in [4.69, 9.17) is 14.2 Å². The fourth-order valence-corrected chi connectivity index (χ4v) is 4.25. The number of nitrogens with one attached hydrogen (secondary N) is 1. The molecule has 1 N–H and O–H groups in total. The van der Waals surface area contributed by atoms with Crippen LogP contribution in [0.4, 0.5) is 5.69 Å². The maximum atomic E-state index is 6.37. The molecule has 31 heavy (non-hydrogen) atoms. The second kappa shape index (κ2) is 9.87. The monoisotopic (exact) mass is 438 g/mol. The Kier molecular flexibility index (Phi) is 6.76. The summed E-state index contributed by atoms with van der Waals surface area (Å²) < 4.78 is 17.8. The SMILES string of the molecule is CCCCSc1nnc2c(n1)O[C@@H](c1cccc(OCC)c1OC)Nc1ccccc1-2. The number of fused-ring (bicyclic) bond motifs is 3. The number of nitrogens with zero attached hydrogens (tertiary/aromatic N) is 3. The van der Waals surface area contributed by atoms with Crippen LogP contribution in [-0.4, -0.2) is 34.7 Å². The molecular formula is C23H26N4O3S. The summed E-state index contributed by atoms with van der Waals surface area (Å²) in [5.41, 5.74) is 3.21. The molecule has 0 amide bonds. The van der Waals surface area contributed by atoms with Crippen LogP contribution in [0.1, 0.15) is 38.5 Å². The fraction of sp³-hybridized carbons (Fsp3) is 0.348. The van der Waals surface area contributed by atoms with Crippen molar-refractivity contribution in [3.8, 4) is 28.6 Å². The molecule has 0 bridgehead atoms. The third-order valence-corrected chi connectivity index (χ3v) is 5.78. The lowest BCUT2D eigenvalue weighted by Gasteiger charge is -2.22. The zero-order valence-corrected chi connectivity index (χ0v) is 18.7. The molecule has 162 valence electrons. The van der Waals surface area contributed by atoms with Gasteiger partial charge in [0.1, 0.15) is 0 Å². The van der Waals surface area contributed by atoms with Crippen LogP contribution in [0.5, 0.6) is 17.4 Å². The molecular weight excluding hydrogens is 412 g/mol. The van der Waals surface area contributed by atoms with E-state index in [-0.39, 0.29) is 0 Å². The van der Waals surface area contributed by atoms with Gasteiger partial charge in [-0.1, -0.05) is 49.4 Å². The molecule has 4 rings (SSSR count). The van der Waals surface area contributed by atoms with Gasteiger partial charge in [-0.2, -0.15) is 4.98 Å². The molecule has 0 unspecified atom stereocenters. The zero-order chi connectivity index (χ0) is 21.6. The first-order valence-electron chi connectivity index (χ1n) is 10.4. The summed E-state index contributed by atoms with van der Waals surface area (Å²) in [7, 11) is 1.63. The maximum absolute atomic E-state index is 6.37. The van der Waals surface area contributed by atoms with Crippen molar-refractivity contribution in [3.05, 3.63) is 48.0 Å². The number of hydrogen-bond donors (Lipinski definition) is 1. The third kappa shape index (κ3) is 4.54. The van der Waals surface area contributed by atoms with Crippen molar-refractivity contribution in [1.82, 2.24) is 15.2 Å². The summed E-state index contributed by atoms with van der Waals surface area (Å²) in [6.07, 6.45) is 1.68. The van der Waals surface area contributed by atoms with Crippen molar-refractivity contribution in [2.24, 2.45) is 0 Å². The summed E-state index contributed by atoms with van der Waals surface area (Å²) >= 11 is 1.59. The van der Waals surface area contributed by atoms with E-state index in [0.29, 0.717) is 34.8 Å². The van der Waals surface area contributed by atoms with E-state index in [9.17, 15) is 0 Å². The van der Waals surface area contributed by atoms with E-state index in [2.05, 4.69) is 27.4 Å². The number of anilines is 1. The first-order valence-corrected chi connectivity index (χ1v) is 11.4. The van der Waals surface area contributed by atoms with E-state index in [1.807, 2.05) is 49.4 Å². The van der Waals surface area contributed by atoms with Crippen molar-refractivity contribution < 1.29 is 14.2 Å². The van der Waals surface area contributed by atoms with Crippen molar-refractivity contribution in [2.45, 2.75) is 38.1 Å². The van der Waals surface area contributed by atoms with Gasteiger partial charge in [0.25, 0.3) is 0 Å². The highest BCUT2D eigenvalue weighted by atomic mass is 32.2. The summed E-state index contributed by atoms with van der Waals surface area (Å²) in [6, 6.07) is 13.7. The molecule has 3 aromatic rings. The Bertz CT molecular complexity index is 1050. The predicted octanol–water partition coefficient (Wildman–Crippen LogP) is 5.34. The minimum atomic E-state index is -0.539. The molecule has 0 spiro atoms. The van der Waals surface area contributed by atoms with Gasteiger partial charge < -0.3 is 19.5 Å². The summed E-state index contributed by atoms with van der Waals surface area (Å²) in [5.74, 6) is 2.68. The summed E-state index contributed by atoms with van der Waals surface area (Å²) in [5, 5.41) is 12.9. The number of para-hydroxylation sites is 2. The minimum absolute atomic E-state index is 0.445. The maximum Gasteiger partial charge on any atom is 0.247 e. The molecule has 2 heterocycles. The second-order valence-electron chi connectivity index (χ2n) is 6.95. The topological polar surface area (TPSA) is 78.4 Å². The van der Waals surface area contributed by atoms with Gasteiger partial charge in [-0.15, -0.1) is 10.2 Å². The van der Waals surface area contributed by atoms with Gasteiger partial charge in [0.15, 0.2) is 17.2 Å². The van der Waals surface area contributed by atoms with E-state index < -0.39 is 6.23 Å². The highest BCUT2D eigenvalue weighted by Crippen LogP contribution is 2.43. The van der Waals surface area contributed by atoms with Crippen LogP contribution in [0.3, 0.4) is 0 Å². The minimum Gasteiger partial charge on any atom is -0.492 e. The van der Waals surface area contributed by atoms with Crippen LogP contribution in [0, 0.1) is 0 Å². The van der Waals surface area contributed by atoms with E-state index >= 15 is 0 Å². The molecule has 1 aromatic heterocycles. The van der Waals surface area contributed by atoms with Gasteiger partial charge in [-0.25, -0.2) is 0 Å². The fourth-order valence-electron chi connectivity index (χ4n) is 3.38. The van der Waals surface area contributed by atoms with Crippen molar-refractivity contribution in [1.29, 1.82) is 0 Å². The lowest BCUT2D eigenvalue weighted by molar-refractivity contribution is 0.217. The molecule has 1 aliphatic heterocycles. The molecule has 0 radical (unpaired) electrons. The molecule has 8 heteroatoms. The van der Waals surface area contributed by atoms with Crippen molar-refractivity contribution in [3.63, 3.8) is 0 Å². The van der Waals surface area contributed by atoms with Gasteiger partial charge in [0.2, 0.25) is 17.3 Å². The first-order chi connectivity index (χ1) is 15.2. The smallest absolute Gasteiger partial charge is 0.247 e. The van der Waals surface area contributed by atoms with Gasteiger partial charge >= 0.3 is 0 Å². The number of methoxy groups -OCH3 is 1. The average Bonchev–Trinajstić information content (AvgIpc) is 2.96. The number of aromatic nitrogens is 3. The lowest BCUT2D eigenvalue weighted by Crippen LogP contribution is -2.18. The Morgan fingerprint density at radius 1 is 1.10 bits per heavy atom. The van der Waals surface area contributed by atoms with E-state index in [1.165, 1.54) is 0 Å². The number of rotatable bonds is 8. The molecule has 7 nitrogen and oxygen atoms in total. The second-order valence-corrected chi connectivity index (χ2v) is 8.01. The quantitative estimate of drug-likeness (QED) is 0.373. The van der Waals surface area contributed by atoms with Crippen LogP contribution >= 0.6 is 11.8 Å². The highest BCUT2D eigenvalue weighted by molar-refractivity contribution is 7.99. The zero-order valence-electron chi connectivity index (χ0n) is 17.9. The first kappa shape index (κ1) is 21.2. The van der Waals surface area contributed by atoms with E-state index in [1.54, 1.807) is 18.9 Å². The Balaban J connectivity index is 1.77. The van der Waals surface area contributed by atoms with Gasteiger partial charge in [-0.05, 0) is 31.5 Å². The summed E-state index contributed by atoms with van der Waals surface area (Å²) in [4.78, 5) is 4.69. The van der Waals surface area contributed by atoms with Crippen LogP contribution < -0.4 is 19.5 Å². The lowest BCUT2D eigenvalue weighted by atomic mass is 10.1. The predicted molar refractivity (Wildman–Crippen MR) is 122 cm³/mol. The molecule has 2 aromatic carbocycles. The standard InChI is InChI=1S/C23H26N4O3S/c1-4-6-14-31-23-25-22-19(26-27-23)15-10-7-8-12-17(15)24-21(30-22)16-11-9-13-18(29-5-2)20(16)28-3/h7-13,21,24H,4-6,14H2,1-3H3/t21-/m0/s1. The van der Waals surface area contributed by atoms with Gasteiger partial charge in [0, 0.05) is 17.0 Å². The molecule has 0 saturated heterocycles. The molecule has 0 aliphatic carbocycles. The average molecular weight is 439 g/mol. The van der Waals surface area contributed by atoms with Crippen LogP contribution in [0.2, 0.25) is 0 Å². The Morgan fingerprint density at radius 3 is 2.77 bits per heavy atom. The number of ether oxygens (including phenoxy) is 3. The number of thioether (sulfide) groups is 1. The normalized spacial score (nSPS) is 14.5. The third-order valence-electron chi connectivity index (χ3n) is 4.86. The van der Waals surface area contributed by atoms with Crippen molar-refractivity contribution in [2.75, 3.05) is 24.8 Å². The number of hydrogen-bond acceptors (Lipinski definition) is 8. The molecule has 1 aliphatic rings.